The highest BCUT2D eigenvalue weighted by Crippen LogP contribution is 2.34. The van der Waals surface area contributed by atoms with Gasteiger partial charge in [0, 0.05) is 6.54 Å². The minimum Gasteiger partial charge on any atom is -0.351 e. The van der Waals surface area contributed by atoms with Crippen molar-refractivity contribution in [3.05, 3.63) is 41.3 Å². The van der Waals surface area contributed by atoms with E-state index in [-0.39, 0.29) is 18.3 Å². The fourth-order valence-electron chi connectivity index (χ4n) is 3.20. The van der Waals surface area contributed by atoms with Gasteiger partial charge in [0.05, 0.1) is 20.0 Å². The van der Waals surface area contributed by atoms with E-state index in [2.05, 4.69) is 21.7 Å². The van der Waals surface area contributed by atoms with Crippen LogP contribution in [0.5, 0.6) is 0 Å². The molecule has 2 N–H and O–H groups in total. The maximum atomic E-state index is 12.4. The van der Waals surface area contributed by atoms with Crippen LogP contribution in [-0.2, 0) is 0 Å². The van der Waals surface area contributed by atoms with Gasteiger partial charge in [-0.3, -0.25) is 4.79 Å². The van der Waals surface area contributed by atoms with Crippen molar-refractivity contribution in [3.8, 4) is 9.88 Å². The number of benzene rings is 1. The van der Waals surface area contributed by atoms with Gasteiger partial charge < -0.3 is 10.6 Å². The summed E-state index contributed by atoms with van der Waals surface area (Å²) in [4.78, 5) is 18.9. The highest BCUT2D eigenvalue weighted by molar-refractivity contribution is 7.26. The molecule has 1 fully saturated rings. The van der Waals surface area contributed by atoms with Crippen molar-refractivity contribution < 1.29 is 4.79 Å². The van der Waals surface area contributed by atoms with Crippen LogP contribution in [0.4, 0.5) is 0 Å². The van der Waals surface area contributed by atoms with E-state index in [0.717, 1.165) is 46.3 Å². The normalized spacial score (nSPS) is 17.0. The van der Waals surface area contributed by atoms with E-state index in [1.807, 2.05) is 30.3 Å². The summed E-state index contributed by atoms with van der Waals surface area (Å²) in [5.41, 5.74) is 1.02. The molecule has 0 saturated carbocycles. The second-order valence-corrected chi connectivity index (χ2v) is 8.52. The molecular formula is C19H22ClN3OS2. The lowest BCUT2D eigenvalue weighted by atomic mass is 9.96. The molecule has 1 aliphatic rings. The van der Waals surface area contributed by atoms with E-state index in [9.17, 15) is 4.79 Å². The van der Waals surface area contributed by atoms with Gasteiger partial charge in [-0.2, -0.15) is 0 Å². The van der Waals surface area contributed by atoms with Crippen LogP contribution in [0, 0.1) is 5.92 Å². The Morgan fingerprint density at radius 1 is 1.23 bits per heavy atom. The first-order valence-corrected chi connectivity index (χ1v) is 10.4. The van der Waals surface area contributed by atoms with Gasteiger partial charge in [0.25, 0.3) is 5.91 Å². The van der Waals surface area contributed by atoms with E-state index < -0.39 is 0 Å². The zero-order chi connectivity index (χ0) is 17.1. The molecule has 3 heterocycles. The third kappa shape index (κ3) is 4.43. The summed E-state index contributed by atoms with van der Waals surface area (Å²) in [5.74, 6) is 0.719. The molecule has 26 heavy (non-hydrogen) atoms. The Bertz CT molecular complexity index is 837. The predicted octanol–water partition coefficient (Wildman–Crippen LogP) is 4.57. The number of piperidine rings is 1. The summed E-state index contributed by atoms with van der Waals surface area (Å²) in [6.07, 6.45) is 3.56. The van der Waals surface area contributed by atoms with E-state index >= 15 is 0 Å². The van der Waals surface area contributed by atoms with Crippen LogP contribution in [-0.4, -0.2) is 30.5 Å². The molecule has 0 bridgehead atoms. The second kappa shape index (κ2) is 8.95. The van der Waals surface area contributed by atoms with Crippen molar-refractivity contribution in [2.75, 3.05) is 19.6 Å². The van der Waals surface area contributed by atoms with Gasteiger partial charge in [-0.15, -0.1) is 35.1 Å². The summed E-state index contributed by atoms with van der Waals surface area (Å²) in [5, 5.41) is 7.47. The van der Waals surface area contributed by atoms with Gasteiger partial charge in [-0.05, 0) is 62.5 Å². The monoisotopic (exact) mass is 407 g/mol. The lowest BCUT2D eigenvalue weighted by Crippen LogP contribution is -2.33. The maximum absolute atomic E-state index is 12.4. The van der Waals surface area contributed by atoms with Gasteiger partial charge in [0.1, 0.15) is 5.01 Å². The molecule has 1 amide bonds. The van der Waals surface area contributed by atoms with Crippen LogP contribution in [0.25, 0.3) is 20.1 Å². The number of amides is 1. The first-order valence-electron chi connectivity index (χ1n) is 8.74. The summed E-state index contributed by atoms with van der Waals surface area (Å²) in [7, 11) is 0. The number of thiophene rings is 1. The smallest absolute Gasteiger partial charge is 0.261 e. The SMILES string of the molecule is Cl.O=C(NCCC1CCCNC1)c1ccc(-c2nc3ccccc3s2)s1. The van der Waals surface area contributed by atoms with Gasteiger partial charge in [0.15, 0.2) is 0 Å². The quantitative estimate of drug-likeness (QED) is 0.651. The number of rotatable bonds is 5. The van der Waals surface area contributed by atoms with Crippen LogP contribution in [0.3, 0.4) is 0 Å². The van der Waals surface area contributed by atoms with E-state index in [0.29, 0.717) is 5.92 Å². The number of hydrogen-bond donors (Lipinski definition) is 2. The molecule has 1 atom stereocenters. The number of fused-ring (bicyclic) bond motifs is 1. The largest absolute Gasteiger partial charge is 0.351 e. The van der Waals surface area contributed by atoms with Gasteiger partial charge in [-0.1, -0.05) is 12.1 Å². The Hall–Kier alpha value is -1.47. The molecule has 1 unspecified atom stereocenters. The number of thiazole rings is 1. The summed E-state index contributed by atoms with van der Waals surface area (Å²) in [6, 6.07) is 12.0. The molecule has 2 aromatic heterocycles. The van der Waals surface area contributed by atoms with Crippen molar-refractivity contribution in [2.45, 2.75) is 19.3 Å². The minimum atomic E-state index is 0. The number of nitrogens with zero attached hydrogens (tertiary/aromatic N) is 1. The Labute approximate surface area is 167 Å². The Kier molecular flexibility index (Phi) is 6.64. The summed E-state index contributed by atoms with van der Waals surface area (Å²) < 4.78 is 1.18. The molecule has 7 heteroatoms. The summed E-state index contributed by atoms with van der Waals surface area (Å²) in [6.45, 7) is 2.96. The van der Waals surface area contributed by atoms with E-state index in [1.165, 1.54) is 28.9 Å². The highest BCUT2D eigenvalue weighted by atomic mass is 35.5. The van der Waals surface area contributed by atoms with Gasteiger partial charge in [0.2, 0.25) is 0 Å². The third-order valence-corrected chi connectivity index (χ3v) is 6.86. The zero-order valence-electron chi connectivity index (χ0n) is 14.4. The average molecular weight is 408 g/mol. The fourth-order valence-corrected chi connectivity index (χ4v) is 5.14. The Morgan fingerprint density at radius 2 is 2.12 bits per heavy atom. The van der Waals surface area contributed by atoms with E-state index in [1.54, 1.807) is 11.3 Å². The Morgan fingerprint density at radius 3 is 2.92 bits per heavy atom. The highest BCUT2D eigenvalue weighted by Gasteiger charge is 2.15. The fraction of sp³-hybridized carbons (Fsp3) is 0.368. The molecule has 3 aromatic rings. The second-order valence-electron chi connectivity index (χ2n) is 6.41. The molecular weight excluding hydrogens is 386 g/mol. The van der Waals surface area contributed by atoms with Crippen LogP contribution in [0.15, 0.2) is 36.4 Å². The third-order valence-electron chi connectivity index (χ3n) is 4.57. The average Bonchev–Trinajstić information content (AvgIpc) is 3.29. The van der Waals surface area contributed by atoms with Crippen molar-refractivity contribution in [2.24, 2.45) is 5.92 Å². The first kappa shape index (κ1) is 19.3. The molecule has 0 radical (unpaired) electrons. The number of carbonyl (C=O) groups is 1. The topological polar surface area (TPSA) is 54.0 Å². The van der Waals surface area contributed by atoms with Gasteiger partial charge >= 0.3 is 0 Å². The van der Waals surface area contributed by atoms with Crippen LogP contribution >= 0.6 is 35.1 Å². The molecule has 4 rings (SSSR count). The molecule has 1 saturated heterocycles. The maximum Gasteiger partial charge on any atom is 0.261 e. The molecule has 1 aliphatic heterocycles. The number of nitrogens with one attached hydrogen (secondary N) is 2. The first-order chi connectivity index (χ1) is 12.3. The molecule has 0 spiro atoms. The summed E-state index contributed by atoms with van der Waals surface area (Å²) >= 11 is 3.19. The van der Waals surface area contributed by atoms with Gasteiger partial charge in [-0.25, -0.2) is 4.98 Å². The number of para-hydroxylation sites is 1. The van der Waals surface area contributed by atoms with Crippen molar-refractivity contribution in [1.29, 1.82) is 0 Å². The molecule has 0 aliphatic carbocycles. The lowest BCUT2D eigenvalue weighted by molar-refractivity contribution is 0.0954. The number of carbonyl (C=O) groups excluding carboxylic acids is 1. The molecule has 1 aromatic carbocycles. The van der Waals surface area contributed by atoms with Crippen molar-refractivity contribution in [3.63, 3.8) is 0 Å². The predicted molar refractivity (Wildman–Crippen MR) is 113 cm³/mol. The Balaban J connectivity index is 0.00000196. The van der Waals surface area contributed by atoms with Crippen LogP contribution in [0.1, 0.15) is 28.9 Å². The standard InChI is InChI=1S/C19H21N3OS2.ClH/c23-18(21-11-9-13-4-3-10-20-12-13)16-7-8-17(24-16)19-22-14-5-1-2-6-15(14)25-19;/h1-2,5-8,13,20H,3-4,9-12H2,(H,21,23);1H. The van der Waals surface area contributed by atoms with Crippen LogP contribution in [0.2, 0.25) is 0 Å². The van der Waals surface area contributed by atoms with Crippen molar-refractivity contribution in [1.82, 2.24) is 15.6 Å². The number of aromatic nitrogens is 1. The number of hydrogen-bond acceptors (Lipinski definition) is 5. The molecule has 4 nitrogen and oxygen atoms in total. The number of halogens is 1. The zero-order valence-corrected chi connectivity index (χ0v) is 16.8. The van der Waals surface area contributed by atoms with Crippen molar-refractivity contribution >= 4 is 51.2 Å². The lowest BCUT2D eigenvalue weighted by Gasteiger charge is -2.22. The van der Waals surface area contributed by atoms with E-state index in [4.69, 9.17) is 0 Å². The van der Waals surface area contributed by atoms with Crippen LogP contribution < -0.4 is 10.6 Å². The minimum absolute atomic E-state index is 0. The molecule has 138 valence electrons.